The van der Waals surface area contributed by atoms with Crippen LogP contribution < -0.4 is 9.33 Å². The third-order valence-electron chi connectivity index (χ3n) is 9.52. The molecule has 5 rings (SSSR count). The molecule has 1 amide bonds. The van der Waals surface area contributed by atoms with Gasteiger partial charge in [-0.15, -0.1) is 0 Å². The van der Waals surface area contributed by atoms with Crippen LogP contribution in [-0.4, -0.2) is 78.5 Å². The number of carbonyl (C=O) groups excluding carboxylic acids is 1. The lowest BCUT2D eigenvalue weighted by Gasteiger charge is -2.42. The number of amides is 1. The van der Waals surface area contributed by atoms with E-state index in [1.54, 1.807) is 4.90 Å². The highest BCUT2D eigenvalue weighted by Crippen LogP contribution is 2.43. The molecule has 10 heteroatoms. The number of benzene rings is 2. The second-order valence-corrected chi connectivity index (χ2v) is 20.4. The molecule has 2 aromatic carbocycles. The Kier molecular flexibility index (Phi) is 9.51. The van der Waals surface area contributed by atoms with Crippen LogP contribution in [0.1, 0.15) is 70.7 Å². The number of thioether (sulfide) groups is 1. The Balaban J connectivity index is 1.46. The van der Waals surface area contributed by atoms with Gasteiger partial charge >= 0.3 is 6.09 Å². The number of hydrogen-bond donors (Lipinski definition) is 1. The van der Waals surface area contributed by atoms with E-state index in [9.17, 15) is 9.90 Å². The number of aliphatic hydroxyl groups excluding tert-OH is 1. The molecule has 244 valence electrons. The van der Waals surface area contributed by atoms with Crippen molar-refractivity contribution in [2.45, 2.75) is 102 Å². The van der Waals surface area contributed by atoms with Crippen LogP contribution in [0.5, 0.6) is 5.75 Å². The summed E-state index contributed by atoms with van der Waals surface area (Å²) in [5, 5.41) is 13.8. The standard InChI is InChI=1S/C35H50N4O4SSi/c1-34(2,3)42-33(41)38-16-17-39(25(21-38)22-40)31-28-15-14-24(19-30(28)36-32(37-31)44-7)29-20-26(43-45(8,9)35(4,5)6)18-23-12-10-11-13-27(23)29/h10-13,18,20,24-25,40H,14-17,19,21-22H2,1-9H3/t24?,25-/m1/s1. The topological polar surface area (TPSA) is 88.0 Å². The Morgan fingerprint density at radius 3 is 2.49 bits per heavy atom. The molecule has 0 spiro atoms. The maximum Gasteiger partial charge on any atom is 0.410 e. The lowest BCUT2D eigenvalue weighted by molar-refractivity contribution is 0.0197. The summed E-state index contributed by atoms with van der Waals surface area (Å²) in [6.45, 7) is 18.4. The number of carbonyl (C=O) groups is 1. The summed E-state index contributed by atoms with van der Waals surface area (Å²) in [6.07, 6.45) is 4.29. The predicted molar refractivity (Wildman–Crippen MR) is 186 cm³/mol. The molecule has 1 fully saturated rings. The van der Waals surface area contributed by atoms with Gasteiger partial charge in [0.2, 0.25) is 8.32 Å². The second kappa shape index (κ2) is 12.8. The number of aliphatic hydroxyl groups is 1. The summed E-state index contributed by atoms with van der Waals surface area (Å²) >= 11 is 1.54. The van der Waals surface area contributed by atoms with Gasteiger partial charge < -0.3 is 24.1 Å². The fourth-order valence-corrected chi connectivity index (χ4v) is 7.50. The van der Waals surface area contributed by atoms with E-state index in [0.717, 1.165) is 47.2 Å². The fourth-order valence-electron chi connectivity index (χ4n) is 6.11. The third-order valence-corrected chi connectivity index (χ3v) is 14.4. The summed E-state index contributed by atoms with van der Waals surface area (Å²) in [4.78, 5) is 26.8. The smallest absolute Gasteiger partial charge is 0.410 e. The predicted octanol–water partition coefficient (Wildman–Crippen LogP) is 7.43. The minimum atomic E-state index is -2.02. The van der Waals surface area contributed by atoms with Crippen LogP contribution >= 0.6 is 11.8 Å². The van der Waals surface area contributed by atoms with Crippen LogP contribution in [0.3, 0.4) is 0 Å². The van der Waals surface area contributed by atoms with Crippen molar-refractivity contribution in [3.05, 3.63) is 53.2 Å². The van der Waals surface area contributed by atoms with Crippen LogP contribution in [0.2, 0.25) is 18.1 Å². The first-order chi connectivity index (χ1) is 21.1. The van der Waals surface area contributed by atoms with Crippen molar-refractivity contribution in [1.82, 2.24) is 14.9 Å². The number of aromatic nitrogens is 2. The van der Waals surface area contributed by atoms with E-state index < -0.39 is 13.9 Å². The average molecular weight is 651 g/mol. The lowest BCUT2D eigenvalue weighted by atomic mass is 9.80. The van der Waals surface area contributed by atoms with E-state index in [-0.39, 0.29) is 23.8 Å². The van der Waals surface area contributed by atoms with Gasteiger partial charge in [-0.25, -0.2) is 14.8 Å². The third kappa shape index (κ3) is 7.28. The molecule has 2 atom stereocenters. The lowest BCUT2D eigenvalue weighted by Crippen LogP contribution is -2.57. The van der Waals surface area contributed by atoms with Crippen molar-refractivity contribution in [2.75, 3.05) is 37.4 Å². The van der Waals surface area contributed by atoms with Gasteiger partial charge in [0, 0.05) is 25.2 Å². The molecular weight excluding hydrogens is 601 g/mol. The van der Waals surface area contributed by atoms with Crippen LogP contribution in [-0.2, 0) is 17.6 Å². The number of piperazine rings is 1. The number of hydrogen-bond acceptors (Lipinski definition) is 8. The molecular formula is C35H50N4O4SSi. The first kappa shape index (κ1) is 33.5. The van der Waals surface area contributed by atoms with Gasteiger partial charge in [0.1, 0.15) is 17.2 Å². The van der Waals surface area contributed by atoms with Crippen LogP contribution in [0.4, 0.5) is 10.6 Å². The highest BCUT2D eigenvalue weighted by atomic mass is 32.2. The summed E-state index contributed by atoms with van der Waals surface area (Å²) in [5.74, 6) is 2.15. The van der Waals surface area contributed by atoms with Crippen molar-refractivity contribution in [3.63, 3.8) is 0 Å². The first-order valence-electron chi connectivity index (χ1n) is 16.1. The number of anilines is 1. The maximum atomic E-state index is 12.8. The highest BCUT2D eigenvalue weighted by molar-refractivity contribution is 7.98. The van der Waals surface area contributed by atoms with Crippen molar-refractivity contribution in [1.29, 1.82) is 0 Å². The minimum Gasteiger partial charge on any atom is -0.543 e. The Morgan fingerprint density at radius 2 is 1.82 bits per heavy atom. The van der Waals surface area contributed by atoms with Gasteiger partial charge in [-0.3, -0.25) is 0 Å². The molecule has 0 radical (unpaired) electrons. The fraction of sp³-hybridized carbons (Fsp3) is 0.571. The molecule has 1 aliphatic carbocycles. The quantitative estimate of drug-likeness (QED) is 0.168. The van der Waals surface area contributed by atoms with E-state index >= 15 is 0 Å². The van der Waals surface area contributed by atoms with Crippen LogP contribution in [0.25, 0.3) is 10.8 Å². The van der Waals surface area contributed by atoms with Gasteiger partial charge in [0.25, 0.3) is 0 Å². The molecule has 1 aliphatic heterocycles. The first-order valence-corrected chi connectivity index (χ1v) is 20.2. The molecule has 45 heavy (non-hydrogen) atoms. The molecule has 2 heterocycles. The van der Waals surface area contributed by atoms with Gasteiger partial charge in [-0.2, -0.15) is 0 Å². The maximum absolute atomic E-state index is 12.8. The number of nitrogens with zero attached hydrogens (tertiary/aromatic N) is 4. The normalized spacial score (nSPS) is 19.4. The van der Waals surface area contributed by atoms with Crippen molar-refractivity contribution < 1.29 is 19.1 Å². The van der Waals surface area contributed by atoms with E-state index in [4.69, 9.17) is 19.1 Å². The molecule has 3 aromatic rings. The Hall–Kier alpha value is -2.82. The Labute approximate surface area is 274 Å². The second-order valence-electron chi connectivity index (χ2n) is 15.0. The van der Waals surface area contributed by atoms with Crippen LogP contribution in [0, 0.1) is 0 Å². The van der Waals surface area contributed by atoms with Crippen molar-refractivity contribution in [2.24, 2.45) is 0 Å². The molecule has 0 bridgehead atoms. The summed E-state index contributed by atoms with van der Waals surface area (Å²) < 4.78 is 12.5. The van der Waals surface area contributed by atoms with E-state index in [2.05, 4.69) is 75.2 Å². The zero-order valence-electron chi connectivity index (χ0n) is 28.4. The summed E-state index contributed by atoms with van der Waals surface area (Å²) in [5.41, 5.74) is 2.98. The van der Waals surface area contributed by atoms with E-state index in [1.165, 1.54) is 28.1 Å². The van der Waals surface area contributed by atoms with E-state index in [1.807, 2.05) is 27.0 Å². The largest absolute Gasteiger partial charge is 0.543 e. The molecule has 8 nitrogen and oxygen atoms in total. The molecule has 1 saturated heterocycles. The van der Waals surface area contributed by atoms with Gasteiger partial charge in [-0.1, -0.05) is 56.8 Å². The molecule has 0 saturated carbocycles. The van der Waals surface area contributed by atoms with Gasteiger partial charge in [0.15, 0.2) is 5.16 Å². The summed E-state index contributed by atoms with van der Waals surface area (Å²) in [7, 11) is -2.02. The van der Waals surface area contributed by atoms with Crippen molar-refractivity contribution in [3.8, 4) is 5.75 Å². The highest BCUT2D eigenvalue weighted by Gasteiger charge is 2.40. The monoisotopic (exact) mass is 650 g/mol. The minimum absolute atomic E-state index is 0.0810. The van der Waals surface area contributed by atoms with Crippen LogP contribution in [0.15, 0.2) is 41.6 Å². The Morgan fingerprint density at radius 1 is 1.09 bits per heavy atom. The summed E-state index contributed by atoms with van der Waals surface area (Å²) in [6, 6.07) is 12.8. The SMILES string of the molecule is CSc1nc2c(c(N3CCN(C(=O)OC(C)(C)C)C[C@@H]3CO)n1)CCC(c1cc(O[Si](C)(C)C(C)(C)C)cc3ccccc13)C2. The average Bonchev–Trinajstić information content (AvgIpc) is 2.97. The zero-order chi connectivity index (χ0) is 32.7. The van der Waals surface area contributed by atoms with E-state index in [0.29, 0.717) is 25.6 Å². The molecule has 1 aromatic heterocycles. The molecule has 1 N–H and O–H groups in total. The molecule has 1 unspecified atom stereocenters. The zero-order valence-corrected chi connectivity index (χ0v) is 30.3. The van der Waals surface area contributed by atoms with Crippen molar-refractivity contribution >= 4 is 42.8 Å². The van der Waals surface area contributed by atoms with Gasteiger partial charge in [0.05, 0.1) is 18.3 Å². The number of rotatable bonds is 6. The number of ether oxygens (including phenoxy) is 1. The number of fused-ring (bicyclic) bond motifs is 2. The Bertz CT molecular complexity index is 1550. The van der Waals surface area contributed by atoms with Gasteiger partial charge in [-0.05, 0) is 98.8 Å². The molecule has 2 aliphatic rings.